The number of hydrogen-bond acceptors (Lipinski definition) is 6. The van der Waals surface area contributed by atoms with Crippen LogP contribution in [-0.2, 0) is 4.74 Å². The number of hydrogen-bond donors (Lipinski definition) is 1. The summed E-state index contributed by atoms with van der Waals surface area (Å²) in [6, 6.07) is 1.92. The van der Waals surface area contributed by atoms with Crippen LogP contribution in [-0.4, -0.2) is 47.5 Å². The van der Waals surface area contributed by atoms with E-state index in [1.165, 1.54) is 6.20 Å². The number of morpholine rings is 1. The highest BCUT2D eigenvalue weighted by Crippen LogP contribution is 2.13. The van der Waals surface area contributed by atoms with Crippen molar-refractivity contribution in [3.63, 3.8) is 0 Å². The molecule has 0 spiro atoms. The molecule has 0 bridgehead atoms. The van der Waals surface area contributed by atoms with Crippen molar-refractivity contribution in [2.24, 2.45) is 0 Å². The third-order valence-corrected chi connectivity index (χ3v) is 2.42. The maximum Gasteiger partial charge on any atom is 0.158 e. The molecule has 0 saturated carbocycles. The summed E-state index contributed by atoms with van der Waals surface area (Å²) in [6.07, 6.45) is 2.84. The standard InChI is InChI=1S/C10H12N4O2/c11-3-8-4-13-10(5-12-8)14-1-2-16-9(6-14)7-15/h4-5,9,15H,1-2,6-7H2. The monoisotopic (exact) mass is 220 g/mol. The third kappa shape index (κ3) is 2.27. The van der Waals surface area contributed by atoms with Crippen LogP contribution in [0.1, 0.15) is 5.69 Å². The minimum absolute atomic E-state index is 0.000206. The smallest absolute Gasteiger partial charge is 0.158 e. The molecule has 1 aromatic heterocycles. The fourth-order valence-electron chi connectivity index (χ4n) is 1.58. The Labute approximate surface area is 93.1 Å². The van der Waals surface area contributed by atoms with E-state index in [9.17, 15) is 0 Å². The highest BCUT2D eigenvalue weighted by atomic mass is 16.5. The van der Waals surface area contributed by atoms with Gasteiger partial charge in [0.05, 0.1) is 31.7 Å². The summed E-state index contributed by atoms with van der Waals surface area (Å²) < 4.78 is 5.33. The van der Waals surface area contributed by atoms with Crippen LogP contribution in [0.5, 0.6) is 0 Å². The highest BCUT2D eigenvalue weighted by molar-refractivity contribution is 5.37. The molecule has 1 aliphatic rings. The van der Waals surface area contributed by atoms with Gasteiger partial charge in [0.25, 0.3) is 0 Å². The van der Waals surface area contributed by atoms with Gasteiger partial charge < -0.3 is 14.7 Å². The van der Waals surface area contributed by atoms with Gasteiger partial charge >= 0.3 is 0 Å². The summed E-state index contributed by atoms with van der Waals surface area (Å²) >= 11 is 0. The molecular formula is C10H12N4O2. The van der Waals surface area contributed by atoms with E-state index in [-0.39, 0.29) is 12.7 Å². The first kappa shape index (κ1) is 10.8. The maximum atomic E-state index is 9.01. The van der Waals surface area contributed by atoms with Crippen molar-refractivity contribution < 1.29 is 9.84 Å². The van der Waals surface area contributed by atoms with E-state index >= 15 is 0 Å². The number of aromatic nitrogens is 2. The van der Waals surface area contributed by atoms with Gasteiger partial charge in [0.1, 0.15) is 11.9 Å². The maximum absolute atomic E-state index is 9.01. The van der Waals surface area contributed by atoms with Crippen molar-refractivity contribution in [2.75, 3.05) is 31.2 Å². The molecule has 0 aromatic carbocycles. The van der Waals surface area contributed by atoms with Crippen LogP contribution < -0.4 is 4.90 Å². The minimum Gasteiger partial charge on any atom is -0.394 e. The van der Waals surface area contributed by atoms with Gasteiger partial charge in [0.15, 0.2) is 5.69 Å². The third-order valence-electron chi connectivity index (χ3n) is 2.42. The summed E-state index contributed by atoms with van der Waals surface area (Å²) in [7, 11) is 0. The van der Waals surface area contributed by atoms with E-state index in [1.807, 2.05) is 11.0 Å². The van der Waals surface area contributed by atoms with Gasteiger partial charge in [0.2, 0.25) is 0 Å². The van der Waals surface area contributed by atoms with Crippen LogP contribution in [0, 0.1) is 11.3 Å². The first-order valence-corrected chi connectivity index (χ1v) is 5.03. The van der Waals surface area contributed by atoms with Crippen molar-refractivity contribution in [1.29, 1.82) is 5.26 Å². The molecule has 0 radical (unpaired) electrons. The average Bonchev–Trinajstić information content (AvgIpc) is 2.39. The number of aliphatic hydroxyl groups excluding tert-OH is 1. The molecule has 6 heteroatoms. The van der Waals surface area contributed by atoms with Crippen molar-refractivity contribution in [2.45, 2.75) is 6.10 Å². The fraction of sp³-hybridized carbons (Fsp3) is 0.500. The first-order valence-electron chi connectivity index (χ1n) is 5.03. The lowest BCUT2D eigenvalue weighted by Gasteiger charge is -2.32. The second kappa shape index (κ2) is 4.88. The first-order chi connectivity index (χ1) is 7.83. The second-order valence-electron chi connectivity index (χ2n) is 3.49. The number of aliphatic hydroxyl groups is 1. The molecule has 6 nitrogen and oxygen atoms in total. The minimum atomic E-state index is -0.175. The van der Waals surface area contributed by atoms with Crippen molar-refractivity contribution in [1.82, 2.24) is 9.97 Å². The fourth-order valence-corrected chi connectivity index (χ4v) is 1.58. The van der Waals surface area contributed by atoms with Gasteiger partial charge in [-0.25, -0.2) is 9.97 Å². The Morgan fingerprint density at radius 3 is 3.06 bits per heavy atom. The van der Waals surface area contributed by atoms with E-state index in [0.717, 1.165) is 6.54 Å². The lowest BCUT2D eigenvalue weighted by molar-refractivity contribution is 0.00334. The van der Waals surface area contributed by atoms with Gasteiger partial charge in [0, 0.05) is 13.1 Å². The Balaban J connectivity index is 2.08. The molecule has 1 N–H and O–H groups in total. The lowest BCUT2D eigenvalue weighted by Crippen LogP contribution is -2.44. The molecule has 2 heterocycles. The molecule has 2 rings (SSSR count). The van der Waals surface area contributed by atoms with Gasteiger partial charge in [-0.2, -0.15) is 5.26 Å². The lowest BCUT2D eigenvalue weighted by atomic mass is 10.3. The van der Waals surface area contributed by atoms with Crippen molar-refractivity contribution in [3.05, 3.63) is 18.1 Å². The second-order valence-corrected chi connectivity index (χ2v) is 3.49. The van der Waals surface area contributed by atoms with Gasteiger partial charge in [-0.1, -0.05) is 0 Å². The topological polar surface area (TPSA) is 82.3 Å². The van der Waals surface area contributed by atoms with E-state index < -0.39 is 0 Å². The summed E-state index contributed by atoms with van der Waals surface area (Å²) in [5, 5.41) is 17.6. The van der Waals surface area contributed by atoms with Gasteiger partial charge in [-0.3, -0.25) is 0 Å². The number of nitrogens with zero attached hydrogens (tertiary/aromatic N) is 4. The predicted octanol–water partition coefficient (Wildman–Crippen LogP) is -0.454. The number of rotatable bonds is 2. The van der Waals surface area contributed by atoms with E-state index in [0.29, 0.717) is 24.7 Å². The Kier molecular flexibility index (Phi) is 3.29. The molecule has 1 fully saturated rings. The zero-order valence-corrected chi connectivity index (χ0v) is 8.70. The Morgan fingerprint density at radius 1 is 1.56 bits per heavy atom. The molecule has 1 atom stereocenters. The van der Waals surface area contributed by atoms with Gasteiger partial charge in [-0.15, -0.1) is 0 Å². The average molecular weight is 220 g/mol. The van der Waals surface area contributed by atoms with Crippen LogP contribution in [0.4, 0.5) is 5.82 Å². The summed E-state index contributed by atoms with van der Waals surface area (Å²) in [6.45, 7) is 1.88. The summed E-state index contributed by atoms with van der Waals surface area (Å²) in [4.78, 5) is 10.1. The Bertz CT molecular complexity index is 387. The molecule has 84 valence electrons. The molecular weight excluding hydrogens is 208 g/mol. The van der Waals surface area contributed by atoms with E-state index in [1.54, 1.807) is 6.20 Å². The molecule has 16 heavy (non-hydrogen) atoms. The quantitative estimate of drug-likeness (QED) is 0.726. The van der Waals surface area contributed by atoms with Crippen molar-refractivity contribution in [3.8, 4) is 6.07 Å². The molecule has 1 unspecified atom stereocenters. The van der Waals surface area contributed by atoms with Crippen LogP contribution in [0.3, 0.4) is 0 Å². The number of anilines is 1. The van der Waals surface area contributed by atoms with Crippen LogP contribution >= 0.6 is 0 Å². The van der Waals surface area contributed by atoms with Crippen LogP contribution in [0.2, 0.25) is 0 Å². The SMILES string of the molecule is N#Cc1cnc(N2CCOC(CO)C2)cn1. The van der Waals surface area contributed by atoms with Crippen molar-refractivity contribution >= 4 is 5.82 Å². The Hall–Kier alpha value is -1.71. The zero-order chi connectivity index (χ0) is 11.4. The number of ether oxygens (including phenoxy) is 1. The van der Waals surface area contributed by atoms with E-state index in [2.05, 4.69) is 9.97 Å². The van der Waals surface area contributed by atoms with Crippen LogP contribution in [0.25, 0.3) is 0 Å². The normalized spacial score (nSPS) is 20.5. The summed E-state index contributed by atoms with van der Waals surface area (Å²) in [5.74, 6) is 0.709. The molecule has 1 aromatic rings. The molecule has 0 aliphatic carbocycles. The molecule has 0 amide bonds. The summed E-state index contributed by atoms with van der Waals surface area (Å²) in [5.41, 5.74) is 0.302. The predicted molar refractivity (Wildman–Crippen MR) is 55.8 cm³/mol. The largest absolute Gasteiger partial charge is 0.394 e. The molecule has 1 saturated heterocycles. The van der Waals surface area contributed by atoms with E-state index in [4.69, 9.17) is 15.1 Å². The Morgan fingerprint density at radius 2 is 2.44 bits per heavy atom. The highest BCUT2D eigenvalue weighted by Gasteiger charge is 2.20. The van der Waals surface area contributed by atoms with Crippen LogP contribution in [0.15, 0.2) is 12.4 Å². The molecule has 1 aliphatic heterocycles. The number of nitriles is 1. The van der Waals surface area contributed by atoms with Gasteiger partial charge in [-0.05, 0) is 0 Å². The zero-order valence-electron chi connectivity index (χ0n) is 8.70.